The first-order valence-corrected chi connectivity index (χ1v) is 5.46. The molecular weight excluding hydrogens is 218 g/mol. The van der Waals surface area contributed by atoms with Gasteiger partial charge in [0.05, 0.1) is 0 Å². The second-order valence-electron chi connectivity index (χ2n) is 3.74. The molecule has 1 rings (SSSR count). The number of nitrogens with one attached hydrogen (secondary N) is 1. The molecule has 1 heterocycles. The summed E-state index contributed by atoms with van der Waals surface area (Å²) >= 11 is 0. The predicted molar refractivity (Wildman–Crippen MR) is 63.5 cm³/mol. The van der Waals surface area contributed by atoms with Gasteiger partial charge < -0.3 is 10.4 Å². The normalized spacial score (nSPS) is 10.6. The van der Waals surface area contributed by atoms with E-state index in [1.807, 2.05) is 6.07 Å². The summed E-state index contributed by atoms with van der Waals surface area (Å²) in [6.07, 6.45) is 0.884. The molecule has 0 spiro atoms. The lowest BCUT2D eigenvalue weighted by molar-refractivity contribution is -0.142. The van der Waals surface area contributed by atoms with Crippen LogP contribution in [0.2, 0.25) is 0 Å². The largest absolute Gasteiger partial charge is 0.480 e. The van der Waals surface area contributed by atoms with Crippen LogP contribution in [0.15, 0.2) is 18.2 Å². The molecule has 1 aromatic rings. The first kappa shape index (κ1) is 13.0. The zero-order valence-corrected chi connectivity index (χ0v) is 9.90. The van der Waals surface area contributed by atoms with E-state index in [0.29, 0.717) is 18.7 Å². The molecule has 0 aliphatic heterocycles. The van der Waals surface area contributed by atoms with Crippen LogP contribution in [0.25, 0.3) is 0 Å². The number of carboxylic acids is 1. The van der Waals surface area contributed by atoms with Crippen LogP contribution in [-0.4, -0.2) is 21.6 Å². The van der Waals surface area contributed by atoms with Crippen molar-refractivity contribution in [2.24, 2.45) is 0 Å². The number of aliphatic carboxylic acids is 1. The third-order valence-electron chi connectivity index (χ3n) is 2.85. The molecule has 1 aromatic heterocycles. The van der Waals surface area contributed by atoms with E-state index < -0.39 is 11.5 Å². The van der Waals surface area contributed by atoms with Crippen molar-refractivity contribution in [2.45, 2.75) is 32.2 Å². The fourth-order valence-electron chi connectivity index (χ4n) is 1.59. The number of aromatic nitrogens is 1. The molecule has 0 saturated carbocycles. The minimum Gasteiger partial charge on any atom is -0.480 e. The highest BCUT2D eigenvalue weighted by Gasteiger charge is 2.34. The molecule has 0 atom stereocenters. The van der Waals surface area contributed by atoms with Gasteiger partial charge in [-0.2, -0.15) is 5.26 Å². The number of anilines is 1. The van der Waals surface area contributed by atoms with Crippen LogP contribution in [0.1, 0.15) is 32.4 Å². The molecule has 5 nitrogen and oxygen atoms in total. The summed E-state index contributed by atoms with van der Waals surface area (Å²) in [7, 11) is 0. The number of carboxylic acid groups (broad SMARTS) is 1. The molecule has 0 unspecified atom stereocenters. The summed E-state index contributed by atoms with van der Waals surface area (Å²) < 4.78 is 0. The zero-order chi connectivity index (χ0) is 12.9. The Labute approximate surface area is 100 Å². The second-order valence-corrected chi connectivity index (χ2v) is 3.74. The van der Waals surface area contributed by atoms with Crippen molar-refractivity contribution in [1.82, 2.24) is 4.98 Å². The summed E-state index contributed by atoms with van der Waals surface area (Å²) in [5.41, 5.74) is -0.761. The molecule has 5 heteroatoms. The molecule has 2 N–H and O–H groups in total. The quantitative estimate of drug-likeness (QED) is 0.812. The lowest BCUT2D eigenvalue weighted by Gasteiger charge is -2.28. The number of hydrogen-bond acceptors (Lipinski definition) is 4. The standard InChI is InChI=1S/C12H15N3O2/c1-3-12(4-2,11(16)17)15-10-7-5-6-9(8-13)14-10/h5-7H,3-4H2,1-2H3,(H,14,15)(H,16,17). The van der Waals surface area contributed by atoms with Crippen molar-refractivity contribution < 1.29 is 9.90 Å². The van der Waals surface area contributed by atoms with Gasteiger partial charge in [-0.05, 0) is 25.0 Å². The van der Waals surface area contributed by atoms with Crippen LogP contribution in [0, 0.1) is 11.3 Å². The number of pyridine rings is 1. The van der Waals surface area contributed by atoms with Gasteiger partial charge in [0.25, 0.3) is 0 Å². The first-order chi connectivity index (χ1) is 8.07. The van der Waals surface area contributed by atoms with Crippen molar-refractivity contribution >= 4 is 11.8 Å². The number of hydrogen-bond donors (Lipinski definition) is 2. The van der Waals surface area contributed by atoms with Gasteiger partial charge in [0, 0.05) is 0 Å². The van der Waals surface area contributed by atoms with E-state index in [1.165, 1.54) is 0 Å². The van der Waals surface area contributed by atoms with Crippen molar-refractivity contribution in [2.75, 3.05) is 5.32 Å². The lowest BCUT2D eigenvalue weighted by Crippen LogP contribution is -2.45. The van der Waals surface area contributed by atoms with Gasteiger partial charge in [-0.3, -0.25) is 0 Å². The number of carbonyl (C=O) groups is 1. The van der Waals surface area contributed by atoms with Gasteiger partial charge in [-0.25, -0.2) is 9.78 Å². The summed E-state index contributed by atoms with van der Waals surface area (Å²) in [6, 6.07) is 6.82. The molecule has 0 aromatic carbocycles. The van der Waals surface area contributed by atoms with E-state index in [-0.39, 0.29) is 5.69 Å². The lowest BCUT2D eigenvalue weighted by atomic mass is 9.93. The van der Waals surface area contributed by atoms with E-state index in [4.69, 9.17) is 5.26 Å². The maximum absolute atomic E-state index is 11.3. The van der Waals surface area contributed by atoms with Crippen molar-refractivity contribution in [1.29, 1.82) is 5.26 Å². The van der Waals surface area contributed by atoms with Crippen molar-refractivity contribution in [3.05, 3.63) is 23.9 Å². The second kappa shape index (κ2) is 5.30. The first-order valence-electron chi connectivity index (χ1n) is 5.46. The van der Waals surface area contributed by atoms with Crippen LogP contribution < -0.4 is 5.32 Å². The molecule has 0 bridgehead atoms. The minimum absolute atomic E-state index is 0.265. The number of nitriles is 1. The fraction of sp³-hybridized carbons (Fsp3) is 0.417. The molecule has 90 valence electrons. The van der Waals surface area contributed by atoms with Gasteiger partial charge in [-0.15, -0.1) is 0 Å². The molecular formula is C12H15N3O2. The molecule has 0 radical (unpaired) electrons. The van der Waals surface area contributed by atoms with Gasteiger partial charge in [0.2, 0.25) is 0 Å². The summed E-state index contributed by atoms with van der Waals surface area (Å²) in [6.45, 7) is 3.61. The number of rotatable bonds is 5. The predicted octanol–water partition coefficient (Wildman–Crippen LogP) is 2.01. The summed E-state index contributed by atoms with van der Waals surface area (Å²) in [5, 5.41) is 20.9. The monoisotopic (exact) mass is 233 g/mol. The molecule has 0 fully saturated rings. The molecule has 0 aliphatic rings. The fourth-order valence-corrected chi connectivity index (χ4v) is 1.59. The molecule has 0 aliphatic carbocycles. The topological polar surface area (TPSA) is 86.0 Å². The SMILES string of the molecule is CCC(CC)(Nc1cccc(C#N)n1)C(=O)O. The van der Waals surface area contributed by atoms with E-state index >= 15 is 0 Å². The summed E-state index contributed by atoms with van der Waals surface area (Å²) in [4.78, 5) is 15.3. The Balaban J connectivity index is 3.02. The molecule has 17 heavy (non-hydrogen) atoms. The molecule has 0 amide bonds. The van der Waals surface area contributed by atoms with Crippen LogP contribution in [-0.2, 0) is 4.79 Å². The minimum atomic E-state index is -1.03. The van der Waals surface area contributed by atoms with E-state index in [9.17, 15) is 9.90 Å². The van der Waals surface area contributed by atoms with Crippen LogP contribution in [0.5, 0.6) is 0 Å². The van der Waals surface area contributed by atoms with Crippen LogP contribution in [0.4, 0.5) is 5.82 Å². The van der Waals surface area contributed by atoms with Gasteiger partial charge in [0.1, 0.15) is 23.1 Å². The Morgan fingerprint density at radius 3 is 2.65 bits per heavy atom. The third kappa shape index (κ3) is 2.72. The Morgan fingerprint density at radius 2 is 2.18 bits per heavy atom. The maximum Gasteiger partial charge on any atom is 0.329 e. The van der Waals surface area contributed by atoms with Gasteiger partial charge in [-0.1, -0.05) is 19.9 Å². The van der Waals surface area contributed by atoms with E-state index in [1.54, 1.807) is 32.0 Å². The highest BCUT2D eigenvalue weighted by molar-refractivity contribution is 5.82. The summed E-state index contributed by atoms with van der Waals surface area (Å²) in [5.74, 6) is -0.498. The van der Waals surface area contributed by atoms with E-state index in [2.05, 4.69) is 10.3 Å². The average Bonchev–Trinajstić information content (AvgIpc) is 2.36. The Hall–Kier alpha value is -2.09. The Morgan fingerprint density at radius 1 is 1.53 bits per heavy atom. The number of nitrogens with zero attached hydrogens (tertiary/aromatic N) is 2. The third-order valence-corrected chi connectivity index (χ3v) is 2.85. The van der Waals surface area contributed by atoms with Crippen molar-refractivity contribution in [3.63, 3.8) is 0 Å². The molecule has 0 saturated heterocycles. The average molecular weight is 233 g/mol. The van der Waals surface area contributed by atoms with Gasteiger partial charge >= 0.3 is 5.97 Å². The Kier molecular flexibility index (Phi) is 4.05. The van der Waals surface area contributed by atoms with E-state index in [0.717, 1.165) is 0 Å². The Bertz CT molecular complexity index is 447. The van der Waals surface area contributed by atoms with Crippen LogP contribution in [0.3, 0.4) is 0 Å². The highest BCUT2D eigenvalue weighted by Crippen LogP contribution is 2.21. The smallest absolute Gasteiger partial charge is 0.329 e. The van der Waals surface area contributed by atoms with Crippen LogP contribution >= 0.6 is 0 Å². The highest BCUT2D eigenvalue weighted by atomic mass is 16.4. The van der Waals surface area contributed by atoms with Crippen molar-refractivity contribution in [3.8, 4) is 6.07 Å². The maximum atomic E-state index is 11.3. The zero-order valence-electron chi connectivity index (χ0n) is 9.90. The van der Waals surface area contributed by atoms with Gasteiger partial charge in [0.15, 0.2) is 0 Å².